The molecule has 0 saturated carbocycles. The highest BCUT2D eigenvalue weighted by molar-refractivity contribution is 5.92. The number of quaternary nitrogens is 2. The standard InChI is InChI=1S/C28H42N6O2.2ClH/c1-7-33(8-2,9-3)21-27(35)29-23-13-17-25(18-14-23)31-32-26-19-15-24(16-20-26)30-28(36)22-34(10-4,11-5)12-6;;/h13-20H,7-12,21-22H2,1-6H3;2*1H. The molecule has 0 aliphatic carbocycles. The number of halogens is 2. The summed E-state index contributed by atoms with van der Waals surface area (Å²) >= 11 is 0. The van der Waals surface area contributed by atoms with Crippen LogP contribution in [-0.2, 0) is 9.59 Å². The van der Waals surface area contributed by atoms with Crippen LogP contribution in [0.1, 0.15) is 41.5 Å². The van der Waals surface area contributed by atoms with Gasteiger partial charge in [0, 0.05) is 11.4 Å². The molecule has 10 heteroatoms. The van der Waals surface area contributed by atoms with Crippen molar-refractivity contribution in [3.8, 4) is 0 Å². The number of anilines is 2. The molecule has 0 atom stereocenters. The highest BCUT2D eigenvalue weighted by Gasteiger charge is 2.25. The van der Waals surface area contributed by atoms with Gasteiger partial charge in [0.05, 0.1) is 50.6 Å². The lowest BCUT2D eigenvalue weighted by molar-refractivity contribution is -0.915. The number of hydrogen-bond acceptors (Lipinski definition) is 4. The topological polar surface area (TPSA) is 82.9 Å². The summed E-state index contributed by atoms with van der Waals surface area (Å²) in [5.41, 5.74) is 2.88. The molecule has 0 saturated heterocycles. The molecule has 0 heterocycles. The van der Waals surface area contributed by atoms with Crippen LogP contribution in [0.4, 0.5) is 22.7 Å². The normalized spacial score (nSPS) is 11.4. The van der Waals surface area contributed by atoms with Gasteiger partial charge in [-0.15, -0.1) is 0 Å². The molecule has 0 aromatic heterocycles. The zero-order valence-electron chi connectivity index (χ0n) is 23.6. The lowest BCUT2D eigenvalue weighted by Crippen LogP contribution is -3.00. The second-order valence-electron chi connectivity index (χ2n) is 9.29. The third kappa shape index (κ3) is 10.3. The first-order valence-corrected chi connectivity index (χ1v) is 13.2. The zero-order chi connectivity index (χ0) is 26.6. The summed E-state index contributed by atoms with van der Waals surface area (Å²) in [6.07, 6.45) is 0. The van der Waals surface area contributed by atoms with Gasteiger partial charge in [-0.2, -0.15) is 10.2 Å². The summed E-state index contributed by atoms with van der Waals surface area (Å²) in [6, 6.07) is 14.7. The van der Waals surface area contributed by atoms with Gasteiger partial charge >= 0.3 is 0 Å². The maximum Gasteiger partial charge on any atom is 0.279 e. The van der Waals surface area contributed by atoms with E-state index >= 15 is 0 Å². The van der Waals surface area contributed by atoms with E-state index in [0.29, 0.717) is 24.5 Å². The monoisotopic (exact) mass is 566 g/mol. The van der Waals surface area contributed by atoms with E-state index in [1.165, 1.54) is 0 Å². The van der Waals surface area contributed by atoms with Gasteiger partial charge in [0.25, 0.3) is 11.8 Å². The second kappa shape index (κ2) is 17.1. The number of nitrogens with one attached hydrogen (secondary N) is 2. The maximum absolute atomic E-state index is 12.5. The Balaban J connectivity index is 0.00000684. The van der Waals surface area contributed by atoms with Crippen LogP contribution in [0, 0.1) is 0 Å². The van der Waals surface area contributed by atoms with Gasteiger partial charge in [-0.25, -0.2) is 0 Å². The summed E-state index contributed by atoms with van der Waals surface area (Å²) in [5.74, 6) is 0.0386. The minimum Gasteiger partial charge on any atom is -1.00 e. The van der Waals surface area contributed by atoms with Crippen LogP contribution >= 0.6 is 0 Å². The lowest BCUT2D eigenvalue weighted by Gasteiger charge is -2.34. The van der Waals surface area contributed by atoms with Crippen LogP contribution in [0.5, 0.6) is 0 Å². The van der Waals surface area contributed by atoms with Crippen molar-refractivity contribution in [2.45, 2.75) is 41.5 Å². The molecule has 212 valence electrons. The van der Waals surface area contributed by atoms with Crippen molar-refractivity contribution in [3.05, 3.63) is 48.5 Å². The second-order valence-corrected chi connectivity index (χ2v) is 9.29. The molecule has 0 unspecified atom stereocenters. The Hall–Kier alpha value is -2.52. The maximum atomic E-state index is 12.5. The number of carbonyl (C=O) groups excluding carboxylic acids is 2. The van der Waals surface area contributed by atoms with Gasteiger partial charge in [-0.3, -0.25) is 9.59 Å². The van der Waals surface area contributed by atoms with E-state index in [-0.39, 0.29) is 36.6 Å². The van der Waals surface area contributed by atoms with Gasteiger partial charge in [0.15, 0.2) is 13.1 Å². The van der Waals surface area contributed by atoms with Crippen LogP contribution in [0.15, 0.2) is 58.8 Å². The van der Waals surface area contributed by atoms with Crippen molar-refractivity contribution in [2.75, 3.05) is 63.0 Å². The van der Waals surface area contributed by atoms with E-state index < -0.39 is 0 Å². The number of likely N-dealkylation sites (N-methyl/N-ethyl adjacent to an activating group) is 2. The number of rotatable bonds is 14. The zero-order valence-corrected chi connectivity index (χ0v) is 25.1. The van der Waals surface area contributed by atoms with Crippen molar-refractivity contribution in [2.24, 2.45) is 10.2 Å². The average molecular weight is 568 g/mol. The van der Waals surface area contributed by atoms with Gasteiger partial charge < -0.3 is 44.4 Å². The van der Waals surface area contributed by atoms with Crippen molar-refractivity contribution < 1.29 is 43.4 Å². The smallest absolute Gasteiger partial charge is 0.279 e. The first-order valence-electron chi connectivity index (χ1n) is 13.2. The van der Waals surface area contributed by atoms with Gasteiger partial charge in [0.2, 0.25) is 0 Å². The van der Waals surface area contributed by atoms with Crippen LogP contribution in [0.2, 0.25) is 0 Å². The summed E-state index contributed by atoms with van der Waals surface area (Å²) in [4.78, 5) is 25.0. The van der Waals surface area contributed by atoms with Crippen molar-refractivity contribution in [1.29, 1.82) is 0 Å². The Kier molecular flexibility index (Phi) is 16.0. The summed E-state index contributed by atoms with van der Waals surface area (Å²) in [7, 11) is 0. The van der Waals surface area contributed by atoms with Gasteiger partial charge in [-0.1, -0.05) is 0 Å². The van der Waals surface area contributed by atoms with Crippen LogP contribution < -0.4 is 35.4 Å². The number of azo groups is 1. The Morgan fingerprint density at radius 2 is 0.816 bits per heavy atom. The first-order chi connectivity index (χ1) is 17.3. The lowest BCUT2D eigenvalue weighted by atomic mass is 10.2. The van der Waals surface area contributed by atoms with E-state index in [9.17, 15) is 9.59 Å². The minimum absolute atomic E-state index is 0. The summed E-state index contributed by atoms with van der Waals surface area (Å²) in [6.45, 7) is 19.3. The van der Waals surface area contributed by atoms with Crippen LogP contribution in [0.3, 0.4) is 0 Å². The van der Waals surface area contributed by atoms with Crippen LogP contribution in [0.25, 0.3) is 0 Å². The minimum atomic E-state index is 0. The molecule has 2 rings (SSSR count). The van der Waals surface area contributed by atoms with E-state index in [0.717, 1.165) is 59.6 Å². The largest absolute Gasteiger partial charge is 1.00 e. The molecule has 0 spiro atoms. The molecule has 38 heavy (non-hydrogen) atoms. The predicted octanol–water partition coefficient (Wildman–Crippen LogP) is -0.260. The first kappa shape index (κ1) is 35.5. The summed E-state index contributed by atoms with van der Waals surface area (Å²) in [5, 5.41) is 14.5. The number of carbonyl (C=O) groups is 2. The van der Waals surface area contributed by atoms with Gasteiger partial charge in [-0.05, 0) is 90.1 Å². The Labute approximate surface area is 240 Å². The molecule has 2 N–H and O–H groups in total. The molecular formula is C28H44Cl2N6O2. The quantitative estimate of drug-likeness (QED) is 0.244. The highest BCUT2D eigenvalue weighted by Crippen LogP contribution is 2.22. The average Bonchev–Trinajstić information content (AvgIpc) is 2.91. The van der Waals surface area contributed by atoms with E-state index in [1.807, 2.05) is 48.5 Å². The molecule has 8 nitrogen and oxygen atoms in total. The molecule has 0 fully saturated rings. The van der Waals surface area contributed by atoms with Crippen molar-refractivity contribution in [3.63, 3.8) is 0 Å². The fraction of sp³-hybridized carbons (Fsp3) is 0.500. The van der Waals surface area contributed by atoms with Crippen molar-refractivity contribution in [1.82, 2.24) is 0 Å². The SMILES string of the molecule is CC[N+](CC)(CC)CC(=O)Nc1ccc(N=Nc2ccc(NC(=O)C[N+](CC)(CC)CC)cc2)cc1.[Cl-].[Cl-]. The number of benzene rings is 2. The fourth-order valence-corrected chi connectivity index (χ4v) is 4.36. The predicted molar refractivity (Wildman–Crippen MR) is 148 cm³/mol. The number of hydrogen-bond donors (Lipinski definition) is 2. The van der Waals surface area contributed by atoms with E-state index in [4.69, 9.17) is 0 Å². The molecule has 0 radical (unpaired) electrons. The van der Waals surface area contributed by atoms with E-state index in [2.05, 4.69) is 62.4 Å². The molecule has 0 aliphatic rings. The van der Waals surface area contributed by atoms with Crippen LogP contribution in [-0.4, -0.2) is 73.1 Å². The molecule has 0 aliphatic heterocycles. The fourth-order valence-electron chi connectivity index (χ4n) is 4.36. The molecular weight excluding hydrogens is 523 g/mol. The Morgan fingerprint density at radius 3 is 1.05 bits per heavy atom. The molecule has 0 bridgehead atoms. The number of nitrogens with zero attached hydrogens (tertiary/aromatic N) is 4. The van der Waals surface area contributed by atoms with Gasteiger partial charge in [0.1, 0.15) is 0 Å². The highest BCUT2D eigenvalue weighted by atomic mass is 35.5. The van der Waals surface area contributed by atoms with Crippen molar-refractivity contribution >= 4 is 34.6 Å². The number of amides is 2. The Morgan fingerprint density at radius 1 is 0.553 bits per heavy atom. The third-order valence-electron chi connectivity index (χ3n) is 7.57. The molecule has 2 aromatic rings. The summed E-state index contributed by atoms with van der Waals surface area (Å²) < 4.78 is 1.55. The third-order valence-corrected chi connectivity index (χ3v) is 7.57. The molecule has 2 aromatic carbocycles. The Bertz CT molecular complexity index is 907. The van der Waals surface area contributed by atoms with E-state index in [1.54, 1.807) is 0 Å². The molecule has 2 amide bonds.